The third-order valence-corrected chi connectivity index (χ3v) is 2.38. The normalized spacial score (nSPS) is 14.9. The molecule has 0 bridgehead atoms. The molecule has 17 heavy (non-hydrogen) atoms. The van der Waals surface area contributed by atoms with Gasteiger partial charge in [-0.15, -0.1) is 0 Å². The molecule has 1 atom stereocenters. The second-order valence-electron chi connectivity index (χ2n) is 4.59. The van der Waals surface area contributed by atoms with E-state index in [-0.39, 0.29) is 12.8 Å². The van der Waals surface area contributed by atoms with Crippen molar-refractivity contribution in [1.29, 1.82) is 0 Å². The molecular formula is C11H20O6. The maximum Gasteiger partial charge on any atom is 0.338 e. The van der Waals surface area contributed by atoms with Crippen LogP contribution >= 0.6 is 0 Å². The van der Waals surface area contributed by atoms with Crippen LogP contribution in [0.15, 0.2) is 0 Å². The third kappa shape index (κ3) is 5.65. The van der Waals surface area contributed by atoms with Gasteiger partial charge in [0.15, 0.2) is 5.60 Å². The first-order chi connectivity index (χ1) is 7.64. The van der Waals surface area contributed by atoms with E-state index in [1.807, 2.05) is 0 Å². The van der Waals surface area contributed by atoms with Crippen molar-refractivity contribution in [2.45, 2.75) is 44.3 Å². The molecular weight excluding hydrogens is 228 g/mol. The number of esters is 2. The van der Waals surface area contributed by atoms with Crippen molar-refractivity contribution >= 4 is 11.9 Å². The minimum absolute atomic E-state index is 0.0850. The van der Waals surface area contributed by atoms with E-state index in [1.54, 1.807) is 13.8 Å². The molecule has 0 amide bonds. The summed E-state index contributed by atoms with van der Waals surface area (Å²) < 4.78 is 8.85. The average molecular weight is 248 g/mol. The van der Waals surface area contributed by atoms with E-state index in [0.29, 0.717) is 0 Å². The summed E-state index contributed by atoms with van der Waals surface area (Å²) in [6, 6.07) is 0. The zero-order valence-corrected chi connectivity index (χ0v) is 10.6. The van der Waals surface area contributed by atoms with Crippen LogP contribution in [0.3, 0.4) is 0 Å². The van der Waals surface area contributed by atoms with Gasteiger partial charge < -0.3 is 19.7 Å². The van der Waals surface area contributed by atoms with E-state index in [0.717, 1.165) is 14.2 Å². The number of rotatable bonds is 6. The molecule has 0 aliphatic carbocycles. The fourth-order valence-electron chi connectivity index (χ4n) is 1.28. The number of carbonyl (C=O) groups excluding carboxylic acids is 2. The summed E-state index contributed by atoms with van der Waals surface area (Å²) in [7, 11) is 2.28. The SMILES string of the molecule is COC(=O)CC(O)(CCC(C)(C)O)C(=O)OC. The molecule has 0 spiro atoms. The number of carbonyl (C=O) groups is 2. The van der Waals surface area contributed by atoms with E-state index < -0.39 is 29.6 Å². The number of aliphatic hydroxyl groups is 2. The second kappa shape index (κ2) is 5.97. The van der Waals surface area contributed by atoms with Gasteiger partial charge in [0.25, 0.3) is 0 Å². The molecule has 0 aliphatic heterocycles. The first kappa shape index (κ1) is 15.9. The van der Waals surface area contributed by atoms with Gasteiger partial charge in [0.05, 0.1) is 26.2 Å². The predicted octanol–water partition coefficient (Wildman–Crippen LogP) is 0.00470. The van der Waals surface area contributed by atoms with Crippen molar-refractivity contribution in [3.63, 3.8) is 0 Å². The molecule has 2 N–H and O–H groups in total. The second-order valence-corrected chi connectivity index (χ2v) is 4.59. The Hall–Kier alpha value is -1.14. The zero-order chi connectivity index (χ0) is 13.7. The fraction of sp³-hybridized carbons (Fsp3) is 0.818. The minimum atomic E-state index is -1.96. The third-order valence-electron chi connectivity index (χ3n) is 2.38. The summed E-state index contributed by atoms with van der Waals surface area (Å²) in [5.41, 5.74) is -3.00. The molecule has 6 heteroatoms. The molecule has 0 radical (unpaired) electrons. The lowest BCUT2D eigenvalue weighted by Gasteiger charge is -2.27. The Morgan fingerprint density at radius 2 is 1.59 bits per heavy atom. The molecule has 0 saturated heterocycles. The van der Waals surface area contributed by atoms with Gasteiger partial charge in [-0.05, 0) is 26.7 Å². The van der Waals surface area contributed by atoms with Gasteiger partial charge >= 0.3 is 11.9 Å². The van der Waals surface area contributed by atoms with Crippen LogP contribution in [-0.2, 0) is 19.1 Å². The van der Waals surface area contributed by atoms with Gasteiger partial charge in [-0.25, -0.2) is 4.79 Å². The van der Waals surface area contributed by atoms with Crippen LogP contribution in [0.1, 0.15) is 33.1 Å². The van der Waals surface area contributed by atoms with Crippen LogP contribution in [-0.4, -0.2) is 47.6 Å². The van der Waals surface area contributed by atoms with Crippen LogP contribution < -0.4 is 0 Å². The van der Waals surface area contributed by atoms with Crippen LogP contribution in [0.5, 0.6) is 0 Å². The predicted molar refractivity (Wildman–Crippen MR) is 59.1 cm³/mol. The van der Waals surface area contributed by atoms with Crippen molar-refractivity contribution in [1.82, 2.24) is 0 Å². The number of ether oxygens (including phenoxy) is 2. The fourth-order valence-corrected chi connectivity index (χ4v) is 1.28. The smallest absolute Gasteiger partial charge is 0.338 e. The van der Waals surface area contributed by atoms with Gasteiger partial charge in [-0.1, -0.05) is 0 Å². The van der Waals surface area contributed by atoms with E-state index >= 15 is 0 Å². The number of hydrogen-bond acceptors (Lipinski definition) is 6. The van der Waals surface area contributed by atoms with Gasteiger partial charge in [0.1, 0.15) is 0 Å². The molecule has 100 valence electrons. The topological polar surface area (TPSA) is 93.1 Å². The van der Waals surface area contributed by atoms with Crippen LogP contribution in [0.2, 0.25) is 0 Å². The average Bonchev–Trinajstić information content (AvgIpc) is 2.24. The van der Waals surface area contributed by atoms with Crippen molar-refractivity contribution in [2.75, 3.05) is 14.2 Å². The summed E-state index contributed by atoms with van der Waals surface area (Å²) in [4.78, 5) is 22.6. The first-order valence-corrected chi connectivity index (χ1v) is 5.24. The largest absolute Gasteiger partial charge is 0.469 e. The highest BCUT2D eigenvalue weighted by molar-refractivity contribution is 5.85. The van der Waals surface area contributed by atoms with Crippen LogP contribution in [0.4, 0.5) is 0 Å². The zero-order valence-electron chi connectivity index (χ0n) is 10.6. The summed E-state index contributed by atoms with van der Waals surface area (Å²) in [6.07, 6.45) is -0.430. The van der Waals surface area contributed by atoms with Crippen molar-refractivity contribution in [2.24, 2.45) is 0 Å². The molecule has 0 aliphatic rings. The Kier molecular flexibility index (Phi) is 5.57. The molecule has 0 saturated carbocycles. The molecule has 1 unspecified atom stereocenters. The lowest BCUT2D eigenvalue weighted by molar-refractivity contribution is -0.171. The first-order valence-electron chi connectivity index (χ1n) is 5.24. The summed E-state index contributed by atoms with van der Waals surface area (Å²) in [5, 5.41) is 19.6. The van der Waals surface area contributed by atoms with E-state index in [1.165, 1.54) is 0 Å². The molecule has 0 heterocycles. The summed E-state index contributed by atoms with van der Waals surface area (Å²) in [5.74, 6) is -1.62. The Balaban J connectivity index is 4.73. The molecule has 0 rings (SSSR count). The van der Waals surface area contributed by atoms with Gasteiger partial charge in [-0.2, -0.15) is 0 Å². The van der Waals surface area contributed by atoms with Crippen molar-refractivity contribution < 1.29 is 29.3 Å². The van der Waals surface area contributed by atoms with Crippen LogP contribution in [0, 0.1) is 0 Å². The molecule has 0 fully saturated rings. The maximum absolute atomic E-state index is 11.4. The van der Waals surface area contributed by atoms with Crippen molar-refractivity contribution in [3.05, 3.63) is 0 Å². The molecule has 0 aromatic heterocycles. The lowest BCUT2D eigenvalue weighted by Crippen LogP contribution is -2.43. The van der Waals surface area contributed by atoms with Gasteiger partial charge in [0.2, 0.25) is 0 Å². The number of hydrogen-bond donors (Lipinski definition) is 2. The van der Waals surface area contributed by atoms with Gasteiger partial charge in [-0.3, -0.25) is 4.79 Å². The summed E-state index contributed by atoms with van der Waals surface area (Å²) in [6.45, 7) is 3.09. The van der Waals surface area contributed by atoms with Crippen molar-refractivity contribution in [3.8, 4) is 0 Å². The Bertz CT molecular complexity index is 280. The van der Waals surface area contributed by atoms with Gasteiger partial charge in [0, 0.05) is 0 Å². The number of methoxy groups -OCH3 is 2. The maximum atomic E-state index is 11.4. The standard InChI is InChI=1S/C11H20O6/c1-10(2,14)5-6-11(15,9(13)17-4)7-8(12)16-3/h14-15H,5-7H2,1-4H3. The Morgan fingerprint density at radius 3 is 1.94 bits per heavy atom. The Labute approximate surface area is 101 Å². The van der Waals surface area contributed by atoms with E-state index in [4.69, 9.17) is 0 Å². The highest BCUT2D eigenvalue weighted by atomic mass is 16.5. The van der Waals surface area contributed by atoms with E-state index in [2.05, 4.69) is 9.47 Å². The highest BCUT2D eigenvalue weighted by Gasteiger charge is 2.40. The monoisotopic (exact) mass is 248 g/mol. The molecule has 6 nitrogen and oxygen atoms in total. The van der Waals surface area contributed by atoms with Crippen LogP contribution in [0.25, 0.3) is 0 Å². The lowest BCUT2D eigenvalue weighted by atomic mass is 9.89. The minimum Gasteiger partial charge on any atom is -0.469 e. The molecule has 0 aromatic rings. The highest BCUT2D eigenvalue weighted by Crippen LogP contribution is 2.24. The quantitative estimate of drug-likeness (QED) is 0.643. The Morgan fingerprint density at radius 1 is 1.06 bits per heavy atom. The summed E-state index contributed by atoms with van der Waals surface area (Å²) >= 11 is 0. The molecule has 0 aromatic carbocycles. The van der Waals surface area contributed by atoms with E-state index in [9.17, 15) is 19.8 Å².